The number of hydrogen-bond donors (Lipinski definition) is 2. The lowest BCUT2D eigenvalue weighted by Crippen LogP contribution is -2.25. The molecule has 0 saturated carbocycles. The van der Waals surface area contributed by atoms with Crippen LogP contribution >= 0.6 is 11.6 Å². The Bertz CT molecular complexity index is 685. The number of ketones is 1. The van der Waals surface area contributed by atoms with Crippen molar-refractivity contribution in [3.8, 4) is 0 Å². The summed E-state index contributed by atoms with van der Waals surface area (Å²) in [5, 5.41) is 3.71. The fraction of sp³-hybridized carbons (Fsp3) is 0.200. The molecule has 20 heavy (non-hydrogen) atoms. The number of halogens is 1. The maximum atomic E-state index is 12.7. The Morgan fingerprint density at radius 2 is 2.20 bits per heavy atom. The van der Waals surface area contributed by atoms with Gasteiger partial charge < -0.3 is 11.1 Å². The van der Waals surface area contributed by atoms with Crippen LogP contribution in [0.15, 0.2) is 30.5 Å². The molecular formula is C15H14ClN3O. The maximum absolute atomic E-state index is 12.7. The molecule has 0 bridgehead atoms. The summed E-state index contributed by atoms with van der Waals surface area (Å²) in [6, 6.07) is 7.35. The number of rotatable bonds is 2. The van der Waals surface area contributed by atoms with Crippen LogP contribution in [0.25, 0.3) is 0 Å². The molecule has 0 unspecified atom stereocenters. The summed E-state index contributed by atoms with van der Waals surface area (Å²) in [5.41, 5.74) is 9.12. The summed E-state index contributed by atoms with van der Waals surface area (Å²) in [7, 11) is 0. The van der Waals surface area contributed by atoms with E-state index >= 15 is 0 Å². The Morgan fingerprint density at radius 1 is 1.35 bits per heavy atom. The van der Waals surface area contributed by atoms with Gasteiger partial charge in [-0.25, -0.2) is 4.98 Å². The van der Waals surface area contributed by atoms with Gasteiger partial charge in [0.25, 0.3) is 0 Å². The van der Waals surface area contributed by atoms with Crippen LogP contribution in [-0.2, 0) is 13.0 Å². The minimum absolute atomic E-state index is 0.115. The Labute approximate surface area is 122 Å². The number of benzene rings is 1. The molecule has 2 aromatic rings. The van der Waals surface area contributed by atoms with Crippen molar-refractivity contribution in [3.05, 3.63) is 57.7 Å². The first-order valence-corrected chi connectivity index (χ1v) is 6.82. The molecule has 3 rings (SSSR count). The van der Waals surface area contributed by atoms with E-state index in [9.17, 15) is 4.79 Å². The predicted molar refractivity (Wildman–Crippen MR) is 78.9 cm³/mol. The number of carbonyl (C=O) groups excluding carboxylic acids is 1. The lowest BCUT2D eigenvalue weighted by molar-refractivity contribution is 0.103. The zero-order valence-corrected chi connectivity index (χ0v) is 11.6. The van der Waals surface area contributed by atoms with Crippen LogP contribution in [0.2, 0.25) is 5.02 Å². The number of fused-ring (bicyclic) bond motifs is 1. The van der Waals surface area contributed by atoms with E-state index in [1.807, 2.05) is 18.2 Å². The van der Waals surface area contributed by atoms with Gasteiger partial charge in [0.05, 0.1) is 10.6 Å². The van der Waals surface area contributed by atoms with Crippen LogP contribution in [0.1, 0.15) is 27.0 Å². The van der Waals surface area contributed by atoms with Gasteiger partial charge in [-0.1, -0.05) is 29.8 Å². The molecule has 1 aromatic carbocycles. The number of nitrogens with one attached hydrogen (secondary N) is 1. The van der Waals surface area contributed by atoms with Crippen molar-refractivity contribution in [2.45, 2.75) is 13.0 Å². The average Bonchev–Trinajstić information content (AvgIpc) is 2.48. The second-order valence-electron chi connectivity index (χ2n) is 4.79. The Morgan fingerprint density at radius 3 is 3.05 bits per heavy atom. The molecule has 102 valence electrons. The van der Waals surface area contributed by atoms with Crippen molar-refractivity contribution in [2.24, 2.45) is 0 Å². The molecule has 1 aliphatic rings. The van der Waals surface area contributed by atoms with Gasteiger partial charge in [-0.15, -0.1) is 0 Å². The fourth-order valence-corrected chi connectivity index (χ4v) is 2.68. The fourth-order valence-electron chi connectivity index (χ4n) is 2.52. The van der Waals surface area contributed by atoms with Crippen molar-refractivity contribution < 1.29 is 4.79 Å². The smallest absolute Gasteiger partial charge is 0.197 e. The van der Waals surface area contributed by atoms with Crippen LogP contribution in [0.3, 0.4) is 0 Å². The van der Waals surface area contributed by atoms with Crippen LogP contribution in [0.5, 0.6) is 0 Å². The van der Waals surface area contributed by atoms with E-state index in [4.69, 9.17) is 17.3 Å². The largest absolute Gasteiger partial charge is 0.383 e. The molecule has 0 amide bonds. The monoisotopic (exact) mass is 287 g/mol. The third-order valence-corrected chi connectivity index (χ3v) is 3.72. The highest BCUT2D eigenvalue weighted by Gasteiger charge is 2.20. The molecule has 0 atom stereocenters. The first-order chi connectivity index (χ1) is 9.66. The number of aromatic nitrogens is 1. The van der Waals surface area contributed by atoms with E-state index in [0.29, 0.717) is 16.1 Å². The van der Waals surface area contributed by atoms with Crippen LogP contribution in [0, 0.1) is 0 Å². The van der Waals surface area contributed by atoms with Crippen molar-refractivity contribution in [2.75, 3.05) is 12.3 Å². The average molecular weight is 288 g/mol. The van der Waals surface area contributed by atoms with Crippen LogP contribution in [-0.4, -0.2) is 17.3 Å². The topological polar surface area (TPSA) is 68.0 Å². The zero-order valence-electron chi connectivity index (χ0n) is 10.8. The van der Waals surface area contributed by atoms with Crippen molar-refractivity contribution in [1.29, 1.82) is 0 Å². The van der Waals surface area contributed by atoms with Gasteiger partial charge in [-0.3, -0.25) is 4.79 Å². The molecular weight excluding hydrogens is 274 g/mol. The van der Waals surface area contributed by atoms with Crippen molar-refractivity contribution in [1.82, 2.24) is 10.3 Å². The molecule has 4 nitrogen and oxygen atoms in total. The maximum Gasteiger partial charge on any atom is 0.197 e. The van der Waals surface area contributed by atoms with Gasteiger partial charge in [-0.05, 0) is 30.2 Å². The van der Waals surface area contributed by atoms with Crippen molar-refractivity contribution in [3.63, 3.8) is 0 Å². The summed E-state index contributed by atoms with van der Waals surface area (Å²) >= 11 is 5.91. The highest BCUT2D eigenvalue weighted by molar-refractivity contribution is 6.31. The standard InChI is InChI=1S/C15H14ClN3O/c16-10-6-13(15(17)19-8-10)14(20)12-3-1-2-9-7-18-5-4-11(9)12/h1-3,6,8,18H,4-5,7H2,(H2,17,19). The SMILES string of the molecule is Nc1ncc(Cl)cc1C(=O)c1cccc2c1CCNC2. The summed E-state index contributed by atoms with van der Waals surface area (Å²) in [4.78, 5) is 16.6. The molecule has 5 heteroatoms. The van der Waals surface area contributed by atoms with Crippen LogP contribution < -0.4 is 11.1 Å². The lowest BCUT2D eigenvalue weighted by Gasteiger charge is -2.20. The highest BCUT2D eigenvalue weighted by Crippen LogP contribution is 2.24. The molecule has 3 N–H and O–H groups in total. The summed E-state index contributed by atoms with van der Waals surface area (Å²) < 4.78 is 0. The first kappa shape index (κ1) is 13.1. The van der Waals surface area contributed by atoms with Crippen molar-refractivity contribution >= 4 is 23.2 Å². The number of hydrogen-bond acceptors (Lipinski definition) is 4. The molecule has 0 saturated heterocycles. The van der Waals surface area contributed by atoms with E-state index in [1.165, 1.54) is 6.20 Å². The molecule has 0 aliphatic carbocycles. The van der Waals surface area contributed by atoms with Gasteiger partial charge in [0, 0.05) is 18.3 Å². The Kier molecular flexibility index (Phi) is 3.42. The van der Waals surface area contributed by atoms with E-state index in [0.717, 1.165) is 30.6 Å². The van der Waals surface area contributed by atoms with Gasteiger partial charge in [0.2, 0.25) is 0 Å². The minimum Gasteiger partial charge on any atom is -0.383 e. The molecule has 2 heterocycles. The Hall–Kier alpha value is -1.91. The van der Waals surface area contributed by atoms with Gasteiger partial charge in [0.15, 0.2) is 5.78 Å². The quantitative estimate of drug-likeness (QED) is 0.831. The summed E-state index contributed by atoms with van der Waals surface area (Å²) in [5.74, 6) is 0.0992. The summed E-state index contributed by atoms with van der Waals surface area (Å²) in [6.07, 6.45) is 2.28. The molecule has 0 radical (unpaired) electrons. The number of nitrogens with zero attached hydrogens (tertiary/aromatic N) is 1. The van der Waals surface area contributed by atoms with Gasteiger partial charge in [-0.2, -0.15) is 0 Å². The molecule has 0 spiro atoms. The number of pyridine rings is 1. The lowest BCUT2D eigenvalue weighted by atomic mass is 9.91. The Balaban J connectivity index is 2.09. The second-order valence-corrected chi connectivity index (χ2v) is 5.22. The molecule has 1 aromatic heterocycles. The third-order valence-electron chi connectivity index (χ3n) is 3.51. The third kappa shape index (κ3) is 2.28. The molecule has 1 aliphatic heterocycles. The number of nitrogens with two attached hydrogens (primary N) is 1. The van der Waals surface area contributed by atoms with E-state index < -0.39 is 0 Å². The number of anilines is 1. The van der Waals surface area contributed by atoms with Gasteiger partial charge >= 0.3 is 0 Å². The van der Waals surface area contributed by atoms with E-state index in [1.54, 1.807) is 6.07 Å². The minimum atomic E-state index is -0.115. The zero-order chi connectivity index (χ0) is 14.1. The van der Waals surface area contributed by atoms with Crippen LogP contribution in [0.4, 0.5) is 5.82 Å². The number of carbonyl (C=O) groups is 1. The first-order valence-electron chi connectivity index (χ1n) is 6.44. The summed E-state index contributed by atoms with van der Waals surface area (Å²) in [6.45, 7) is 1.67. The van der Waals surface area contributed by atoms with E-state index in [2.05, 4.69) is 10.3 Å². The normalized spacial score (nSPS) is 13.8. The van der Waals surface area contributed by atoms with Gasteiger partial charge in [0.1, 0.15) is 5.82 Å². The van der Waals surface area contributed by atoms with E-state index in [-0.39, 0.29) is 11.6 Å². The second kappa shape index (κ2) is 5.23. The number of nitrogen functional groups attached to an aromatic ring is 1. The highest BCUT2D eigenvalue weighted by atomic mass is 35.5. The predicted octanol–water partition coefficient (Wildman–Crippen LogP) is 2.19. The molecule has 0 fully saturated rings.